The van der Waals surface area contributed by atoms with E-state index in [1.807, 2.05) is 0 Å². The summed E-state index contributed by atoms with van der Waals surface area (Å²) < 4.78 is 0. The van der Waals surface area contributed by atoms with E-state index in [1.165, 1.54) is 38.8 Å². The number of hydrogen-bond donors (Lipinski definition) is 0. The first-order valence-corrected chi connectivity index (χ1v) is 6.73. The van der Waals surface area contributed by atoms with E-state index in [0.29, 0.717) is 0 Å². The van der Waals surface area contributed by atoms with E-state index in [2.05, 4.69) is 34.7 Å². The van der Waals surface area contributed by atoms with Crippen LogP contribution in [-0.4, -0.2) is 29.4 Å². The highest BCUT2D eigenvalue weighted by atomic mass is 79.9. The predicted octanol–water partition coefficient (Wildman–Crippen LogP) is 3.28. The van der Waals surface area contributed by atoms with Gasteiger partial charge in [-0.1, -0.05) is 36.2 Å². The molecule has 0 aromatic carbocycles. The summed E-state index contributed by atoms with van der Waals surface area (Å²) in [4.78, 5) is 2.69. The second kappa shape index (κ2) is 6.02. The first-order chi connectivity index (χ1) is 6.31. The molecule has 1 aliphatic heterocycles. The molecule has 0 N–H and O–H groups in total. The van der Waals surface area contributed by atoms with Crippen molar-refractivity contribution in [3.63, 3.8) is 0 Å². The summed E-state index contributed by atoms with van der Waals surface area (Å²) >= 11 is 3.60. The predicted molar refractivity (Wildman–Crippen MR) is 62.5 cm³/mol. The van der Waals surface area contributed by atoms with Crippen molar-refractivity contribution in [3.05, 3.63) is 0 Å². The monoisotopic (exact) mass is 247 g/mol. The van der Waals surface area contributed by atoms with Crippen molar-refractivity contribution < 1.29 is 0 Å². The first-order valence-electron chi connectivity index (χ1n) is 5.61. The zero-order chi connectivity index (χ0) is 9.68. The molecule has 78 valence electrons. The third-order valence-corrected chi connectivity index (χ3v) is 4.17. The van der Waals surface area contributed by atoms with Gasteiger partial charge in [0.1, 0.15) is 0 Å². The Morgan fingerprint density at radius 1 is 1.46 bits per heavy atom. The molecule has 13 heavy (non-hydrogen) atoms. The van der Waals surface area contributed by atoms with Gasteiger partial charge in [-0.05, 0) is 31.7 Å². The van der Waals surface area contributed by atoms with E-state index in [1.54, 1.807) is 0 Å². The molecule has 0 radical (unpaired) electrons. The van der Waals surface area contributed by atoms with E-state index in [0.717, 1.165) is 17.3 Å². The maximum absolute atomic E-state index is 3.60. The molecule has 0 saturated carbocycles. The van der Waals surface area contributed by atoms with Gasteiger partial charge in [-0.15, -0.1) is 0 Å². The van der Waals surface area contributed by atoms with E-state index in [9.17, 15) is 0 Å². The SMILES string of the molecule is CCC(CBr)CN1CCCC1CC. The quantitative estimate of drug-likeness (QED) is 0.675. The fraction of sp³-hybridized carbons (Fsp3) is 1.00. The Balaban J connectivity index is 2.33. The number of halogens is 1. The molecule has 2 unspecified atom stereocenters. The first kappa shape index (κ1) is 11.5. The number of alkyl halides is 1. The molecule has 1 rings (SSSR count). The normalized spacial score (nSPS) is 26.5. The number of likely N-dealkylation sites (tertiary alicyclic amines) is 1. The van der Waals surface area contributed by atoms with Crippen molar-refractivity contribution >= 4 is 15.9 Å². The molecule has 2 heteroatoms. The van der Waals surface area contributed by atoms with Gasteiger partial charge < -0.3 is 4.90 Å². The molecule has 0 aliphatic carbocycles. The van der Waals surface area contributed by atoms with Crippen LogP contribution >= 0.6 is 15.9 Å². The smallest absolute Gasteiger partial charge is 0.00932 e. The van der Waals surface area contributed by atoms with Crippen molar-refractivity contribution in [2.24, 2.45) is 5.92 Å². The molecule has 1 saturated heterocycles. The van der Waals surface area contributed by atoms with Crippen LogP contribution in [0.2, 0.25) is 0 Å². The molecular formula is C11H22BrN. The van der Waals surface area contributed by atoms with Crippen molar-refractivity contribution in [1.29, 1.82) is 0 Å². The number of nitrogens with zero attached hydrogens (tertiary/aromatic N) is 1. The summed E-state index contributed by atoms with van der Waals surface area (Å²) in [6.45, 7) is 7.25. The van der Waals surface area contributed by atoms with Crippen molar-refractivity contribution in [2.45, 2.75) is 45.6 Å². The largest absolute Gasteiger partial charge is 0.300 e. The minimum Gasteiger partial charge on any atom is -0.300 e. The Hall–Kier alpha value is 0.440. The minimum atomic E-state index is 0.854. The summed E-state index contributed by atoms with van der Waals surface area (Å²) in [5.41, 5.74) is 0. The third-order valence-electron chi connectivity index (χ3n) is 3.26. The van der Waals surface area contributed by atoms with Gasteiger partial charge in [0.05, 0.1) is 0 Å². The standard InChI is InChI=1S/C11H22BrN/c1-3-10(8-12)9-13-7-5-6-11(13)4-2/h10-11H,3-9H2,1-2H3. The lowest BCUT2D eigenvalue weighted by Gasteiger charge is -2.26. The Bertz CT molecular complexity index is 134. The molecule has 0 aromatic heterocycles. The Kier molecular flexibility index (Phi) is 5.34. The maximum atomic E-state index is 3.60. The molecule has 2 atom stereocenters. The maximum Gasteiger partial charge on any atom is 0.00932 e. The summed E-state index contributed by atoms with van der Waals surface area (Å²) in [6, 6.07) is 0.882. The van der Waals surface area contributed by atoms with E-state index in [4.69, 9.17) is 0 Å². The number of hydrogen-bond acceptors (Lipinski definition) is 1. The van der Waals surface area contributed by atoms with Crippen molar-refractivity contribution in [2.75, 3.05) is 18.4 Å². The molecule has 1 nitrogen and oxygen atoms in total. The summed E-state index contributed by atoms with van der Waals surface area (Å²) in [6.07, 6.45) is 5.48. The average molecular weight is 248 g/mol. The highest BCUT2D eigenvalue weighted by Crippen LogP contribution is 2.22. The second-order valence-electron chi connectivity index (χ2n) is 4.13. The van der Waals surface area contributed by atoms with Crippen LogP contribution in [0.1, 0.15) is 39.5 Å². The van der Waals surface area contributed by atoms with Crippen LogP contribution in [0.25, 0.3) is 0 Å². The van der Waals surface area contributed by atoms with Crippen LogP contribution in [0.4, 0.5) is 0 Å². The van der Waals surface area contributed by atoms with Gasteiger partial charge in [0.15, 0.2) is 0 Å². The molecule has 0 amide bonds. The van der Waals surface area contributed by atoms with Crippen molar-refractivity contribution in [1.82, 2.24) is 4.90 Å². The van der Waals surface area contributed by atoms with Crippen LogP contribution in [0.15, 0.2) is 0 Å². The van der Waals surface area contributed by atoms with Gasteiger partial charge in [-0.25, -0.2) is 0 Å². The molecule has 1 heterocycles. The lowest BCUT2D eigenvalue weighted by atomic mass is 10.1. The Morgan fingerprint density at radius 3 is 2.77 bits per heavy atom. The minimum absolute atomic E-state index is 0.854. The number of rotatable bonds is 5. The molecule has 0 aromatic rings. The van der Waals surface area contributed by atoms with E-state index < -0.39 is 0 Å². The fourth-order valence-electron chi connectivity index (χ4n) is 2.22. The molecule has 0 bridgehead atoms. The third kappa shape index (κ3) is 3.25. The molecule has 1 aliphatic rings. The highest BCUT2D eigenvalue weighted by Gasteiger charge is 2.24. The van der Waals surface area contributed by atoms with Gasteiger partial charge in [-0.2, -0.15) is 0 Å². The Morgan fingerprint density at radius 2 is 2.23 bits per heavy atom. The molecule has 0 spiro atoms. The lowest BCUT2D eigenvalue weighted by Crippen LogP contribution is -2.33. The van der Waals surface area contributed by atoms with Crippen LogP contribution in [-0.2, 0) is 0 Å². The zero-order valence-corrected chi connectivity index (χ0v) is 10.5. The van der Waals surface area contributed by atoms with Crippen LogP contribution in [0.3, 0.4) is 0 Å². The lowest BCUT2D eigenvalue weighted by molar-refractivity contribution is 0.216. The van der Waals surface area contributed by atoms with Crippen molar-refractivity contribution in [3.8, 4) is 0 Å². The van der Waals surface area contributed by atoms with Crippen LogP contribution < -0.4 is 0 Å². The summed E-state index contributed by atoms with van der Waals surface area (Å²) in [7, 11) is 0. The Labute approximate surface area is 91.0 Å². The van der Waals surface area contributed by atoms with Gasteiger partial charge in [-0.3, -0.25) is 0 Å². The van der Waals surface area contributed by atoms with Gasteiger partial charge in [0, 0.05) is 17.9 Å². The highest BCUT2D eigenvalue weighted by molar-refractivity contribution is 9.09. The van der Waals surface area contributed by atoms with E-state index >= 15 is 0 Å². The summed E-state index contributed by atoms with van der Waals surface area (Å²) in [5.74, 6) is 0.854. The topological polar surface area (TPSA) is 3.24 Å². The van der Waals surface area contributed by atoms with Crippen LogP contribution in [0, 0.1) is 5.92 Å². The van der Waals surface area contributed by atoms with Gasteiger partial charge in [0.25, 0.3) is 0 Å². The molecule has 1 fully saturated rings. The zero-order valence-electron chi connectivity index (χ0n) is 8.93. The van der Waals surface area contributed by atoms with Crippen LogP contribution in [0.5, 0.6) is 0 Å². The summed E-state index contributed by atoms with van der Waals surface area (Å²) in [5, 5.41) is 1.16. The average Bonchev–Trinajstić information content (AvgIpc) is 2.61. The fourth-order valence-corrected chi connectivity index (χ4v) is 2.88. The van der Waals surface area contributed by atoms with Gasteiger partial charge >= 0.3 is 0 Å². The van der Waals surface area contributed by atoms with E-state index in [-0.39, 0.29) is 0 Å². The molecular weight excluding hydrogens is 226 g/mol. The van der Waals surface area contributed by atoms with Gasteiger partial charge in [0.2, 0.25) is 0 Å². The second-order valence-corrected chi connectivity index (χ2v) is 4.78.